The van der Waals surface area contributed by atoms with Crippen LogP contribution >= 0.6 is 23.2 Å². The van der Waals surface area contributed by atoms with Crippen molar-refractivity contribution in [2.75, 3.05) is 6.54 Å². The summed E-state index contributed by atoms with van der Waals surface area (Å²) in [7, 11) is 0. The Morgan fingerprint density at radius 1 is 1.19 bits per heavy atom. The first-order valence-electron chi connectivity index (χ1n) is 4.27. The van der Waals surface area contributed by atoms with Gasteiger partial charge in [-0.15, -0.1) is 0 Å². The predicted octanol–water partition coefficient (Wildman–Crippen LogP) is 2.09. The van der Waals surface area contributed by atoms with Gasteiger partial charge >= 0.3 is 6.18 Å². The molecule has 2 rings (SSSR count). The molecule has 0 radical (unpaired) electrons. The van der Waals surface area contributed by atoms with Crippen LogP contribution in [0.5, 0.6) is 0 Å². The summed E-state index contributed by atoms with van der Waals surface area (Å²) < 4.78 is 35.8. The third-order valence-electron chi connectivity index (χ3n) is 2.03. The molecule has 1 aromatic carbocycles. The van der Waals surface area contributed by atoms with Crippen molar-refractivity contribution in [3.05, 3.63) is 34.5 Å². The largest absolute Gasteiger partial charge is 0.416 e. The van der Waals surface area contributed by atoms with Crippen molar-refractivity contribution in [1.29, 1.82) is 0 Å². The molecule has 0 amide bonds. The summed E-state index contributed by atoms with van der Waals surface area (Å²) in [4.78, 5) is 7.73. The number of hydrogen-bond donors (Lipinski definition) is 0. The first-order chi connectivity index (χ1) is 7.28. The maximum absolute atomic E-state index is 12.4. The van der Waals surface area contributed by atoms with Crippen LogP contribution in [0.2, 0.25) is 0 Å². The molecule has 1 aromatic rings. The minimum absolute atomic E-state index is 0.0362. The summed E-state index contributed by atoms with van der Waals surface area (Å²) in [6.45, 7) is 0.0362. The van der Waals surface area contributed by atoms with Crippen LogP contribution in [0.3, 0.4) is 0 Å². The first kappa shape index (κ1) is 11.7. The Kier molecular flexibility index (Phi) is 2.62. The predicted molar refractivity (Wildman–Crippen MR) is 53.1 cm³/mol. The highest BCUT2D eigenvalue weighted by Crippen LogP contribution is 2.28. The highest BCUT2D eigenvalue weighted by atomic mass is 35.5. The summed E-state index contributed by atoms with van der Waals surface area (Å²) in [5.74, 6) is 0. The van der Waals surface area contributed by atoms with Gasteiger partial charge < -0.3 is 0 Å². The van der Waals surface area contributed by atoms with E-state index in [4.69, 9.17) is 23.2 Å². The Balaban J connectivity index is 2.63. The lowest BCUT2D eigenvalue weighted by molar-refractivity contribution is -0.137. The Morgan fingerprint density at radius 2 is 1.88 bits per heavy atom. The molecule has 0 saturated carbocycles. The molecular formula is C9H5Cl2F3N2. The van der Waals surface area contributed by atoms with E-state index in [1.807, 2.05) is 0 Å². The quantitative estimate of drug-likeness (QED) is 0.509. The second-order valence-electron chi connectivity index (χ2n) is 3.30. The van der Waals surface area contributed by atoms with Crippen molar-refractivity contribution in [2.45, 2.75) is 10.6 Å². The molecule has 0 aromatic heterocycles. The van der Waals surface area contributed by atoms with Crippen LogP contribution in [0.25, 0.3) is 0 Å². The first-order valence-corrected chi connectivity index (χ1v) is 5.03. The van der Waals surface area contributed by atoms with Gasteiger partial charge in [-0.1, -0.05) is 23.2 Å². The van der Waals surface area contributed by atoms with Crippen molar-refractivity contribution < 1.29 is 13.2 Å². The molecule has 1 aliphatic heterocycles. The Labute approximate surface area is 98.4 Å². The Morgan fingerprint density at radius 3 is 2.50 bits per heavy atom. The lowest BCUT2D eigenvalue weighted by atomic mass is 10.2. The fraction of sp³-hybridized carbons (Fsp3) is 0.333. The van der Waals surface area contributed by atoms with Crippen LogP contribution in [0, 0.1) is 0 Å². The normalized spacial score (nSPS) is 18.3. The van der Waals surface area contributed by atoms with Crippen LogP contribution in [0.4, 0.5) is 13.2 Å². The number of halogens is 5. The SMILES string of the molecule is FC(F)(F)c1ccc2c(c1)=NC(Cl)(Cl)CN=2. The topological polar surface area (TPSA) is 24.7 Å². The van der Waals surface area contributed by atoms with E-state index in [1.165, 1.54) is 6.07 Å². The summed E-state index contributed by atoms with van der Waals surface area (Å²) >= 11 is 11.4. The van der Waals surface area contributed by atoms with E-state index in [9.17, 15) is 13.2 Å². The molecule has 2 nitrogen and oxygen atoms in total. The van der Waals surface area contributed by atoms with Crippen LogP contribution in [0.1, 0.15) is 5.56 Å². The standard InChI is InChI=1S/C9H5Cl2F3N2/c10-8(11)4-15-6-2-1-5(9(12,13)14)3-7(6)16-8/h1-3H,4H2. The third-order valence-corrected chi connectivity index (χ3v) is 2.43. The van der Waals surface area contributed by atoms with Gasteiger partial charge in [0.1, 0.15) is 0 Å². The average molecular weight is 269 g/mol. The minimum Gasteiger partial charge on any atom is -0.278 e. The minimum atomic E-state index is -4.41. The molecule has 0 unspecified atom stereocenters. The number of hydrogen-bond acceptors (Lipinski definition) is 2. The van der Waals surface area contributed by atoms with Crippen molar-refractivity contribution in [2.24, 2.45) is 9.98 Å². The molecule has 7 heteroatoms. The number of benzene rings is 1. The van der Waals surface area contributed by atoms with Gasteiger partial charge in [0.05, 0.1) is 22.8 Å². The fourth-order valence-electron chi connectivity index (χ4n) is 1.31. The monoisotopic (exact) mass is 268 g/mol. The molecule has 0 atom stereocenters. The molecule has 16 heavy (non-hydrogen) atoms. The van der Waals surface area contributed by atoms with Gasteiger partial charge in [-0.2, -0.15) is 13.2 Å². The van der Waals surface area contributed by atoms with Gasteiger partial charge in [-0.05, 0) is 18.2 Å². The fourth-order valence-corrected chi connectivity index (χ4v) is 1.62. The molecule has 1 aliphatic rings. The zero-order chi connectivity index (χ0) is 12.0. The number of fused-ring (bicyclic) bond motifs is 1. The van der Waals surface area contributed by atoms with Crippen LogP contribution in [-0.2, 0) is 6.18 Å². The molecule has 0 spiro atoms. The molecule has 0 N–H and O–H groups in total. The van der Waals surface area contributed by atoms with E-state index in [2.05, 4.69) is 9.98 Å². The van der Waals surface area contributed by atoms with E-state index in [1.54, 1.807) is 0 Å². The van der Waals surface area contributed by atoms with Gasteiger partial charge in [0, 0.05) is 0 Å². The van der Waals surface area contributed by atoms with Crippen molar-refractivity contribution in [3.8, 4) is 0 Å². The molecule has 86 valence electrons. The number of nitrogens with zero attached hydrogens (tertiary/aromatic N) is 2. The molecule has 1 heterocycles. The molecule has 0 saturated heterocycles. The van der Waals surface area contributed by atoms with Crippen molar-refractivity contribution in [1.82, 2.24) is 0 Å². The van der Waals surface area contributed by atoms with E-state index in [-0.39, 0.29) is 11.9 Å². The highest BCUT2D eigenvalue weighted by Gasteiger charge is 2.31. The maximum Gasteiger partial charge on any atom is 0.416 e. The van der Waals surface area contributed by atoms with Crippen molar-refractivity contribution >= 4 is 23.2 Å². The van der Waals surface area contributed by atoms with Gasteiger partial charge in [0.25, 0.3) is 0 Å². The lowest BCUT2D eigenvalue weighted by Gasteiger charge is -2.15. The van der Waals surface area contributed by atoms with Gasteiger partial charge in [-0.3, -0.25) is 4.99 Å². The van der Waals surface area contributed by atoms with E-state index in [0.717, 1.165) is 12.1 Å². The zero-order valence-electron chi connectivity index (χ0n) is 7.72. The third kappa shape index (κ3) is 2.30. The van der Waals surface area contributed by atoms with Crippen LogP contribution in [-0.4, -0.2) is 11.0 Å². The second-order valence-corrected chi connectivity index (χ2v) is 4.74. The molecule has 0 bridgehead atoms. The van der Waals surface area contributed by atoms with Gasteiger partial charge in [-0.25, -0.2) is 4.99 Å². The van der Waals surface area contributed by atoms with Gasteiger partial charge in [0.2, 0.25) is 4.46 Å². The van der Waals surface area contributed by atoms with Crippen molar-refractivity contribution in [3.63, 3.8) is 0 Å². The summed E-state index contributed by atoms with van der Waals surface area (Å²) in [6, 6.07) is 3.09. The lowest BCUT2D eigenvalue weighted by Crippen LogP contribution is -2.36. The molecule has 0 fully saturated rings. The average Bonchev–Trinajstić information content (AvgIpc) is 2.13. The number of rotatable bonds is 0. The highest BCUT2D eigenvalue weighted by molar-refractivity contribution is 6.48. The molecular weight excluding hydrogens is 264 g/mol. The smallest absolute Gasteiger partial charge is 0.278 e. The Bertz CT molecular complexity index is 537. The van der Waals surface area contributed by atoms with E-state index in [0.29, 0.717) is 5.36 Å². The van der Waals surface area contributed by atoms with E-state index >= 15 is 0 Å². The van der Waals surface area contributed by atoms with Crippen LogP contribution in [0.15, 0.2) is 28.2 Å². The maximum atomic E-state index is 12.4. The Hall–Kier alpha value is -0.810. The zero-order valence-corrected chi connectivity index (χ0v) is 9.24. The molecule has 0 aliphatic carbocycles. The summed E-state index contributed by atoms with van der Waals surface area (Å²) in [6.07, 6.45) is -4.41. The summed E-state index contributed by atoms with van der Waals surface area (Å²) in [5.41, 5.74) is -0.795. The number of alkyl halides is 5. The van der Waals surface area contributed by atoms with E-state index < -0.39 is 16.2 Å². The van der Waals surface area contributed by atoms with Gasteiger partial charge in [0.15, 0.2) is 0 Å². The summed E-state index contributed by atoms with van der Waals surface area (Å²) in [5, 5.41) is 0.427. The second kappa shape index (κ2) is 3.60. The van der Waals surface area contributed by atoms with Crippen LogP contribution < -0.4 is 10.7 Å².